The molecule has 1 aromatic carbocycles. The number of nitrogens with zero attached hydrogens (tertiary/aromatic N) is 2. The van der Waals surface area contributed by atoms with Crippen molar-refractivity contribution in [3.63, 3.8) is 0 Å². The van der Waals surface area contributed by atoms with Crippen LogP contribution in [0.2, 0.25) is 5.02 Å². The highest BCUT2D eigenvalue weighted by atomic mass is 35.5. The van der Waals surface area contributed by atoms with E-state index in [1.165, 1.54) is 12.5 Å². The minimum atomic E-state index is -0.295. The number of hydrogen-bond acceptors (Lipinski definition) is 5. The zero-order chi connectivity index (χ0) is 14.7. The van der Waals surface area contributed by atoms with Crippen molar-refractivity contribution < 1.29 is 13.9 Å². The fourth-order valence-corrected chi connectivity index (χ4v) is 2.00. The van der Waals surface area contributed by atoms with Gasteiger partial charge in [0.15, 0.2) is 11.5 Å². The van der Waals surface area contributed by atoms with Gasteiger partial charge in [0.1, 0.15) is 0 Å². The lowest BCUT2D eigenvalue weighted by Crippen LogP contribution is -1.85. The van der Waals surface area contributed by atoms with E-state index in [9.17, 15) is 5.11 Å². The van der Waals surface area contributed by atoms with E-state index >= 15 is 0 Å². The fraction of sp³-hybridized carbons (Fsp3) is 0.0667. The molecule has 0 radical (unpaired) electrons. The Morgan fingerprint density at radius 1 is 1.29 bits per heavy atom. The number of furan rings is 1. The van der Waals surface area contributed by atoms with Crippen molar-refractivity contribution >= 4 is 17.8 Å². The average Bonchev–Trinajstić information content (AvgIpc) is 3.09. The van der Waals surface area contributed by atoms with E-state index in [0.29, 0.717) is 17.3 Å². The summed E-state index contributed by atoms with van der Waals surface area (Å²) in [5.74, 6) is 0.359. The van der Waals surface area contributed by atoms with Gasteiger partial charge in [-0.05, 0) is 29.8 Å². The second-order valence-corrected chi connectivity index (χ2v) is 4.72. The zero-order valence-electron chi connectivity index (χ0n) is 10.9. The lowest BCUT2D eigenvalue weighted by molar-refractivity contribution is 0.333. The maximum absolute atomic E-state index is 9.69. The molecule has 3 rings (SSSR count). The predicted octanol–water partition coefficient (Wildman–Crippen LogP) is 3.91. The van der Waals surface area contributed by atoms with Gasteiger partial charge in [-0.1, -0.05) is 23.7 Å². The molecule has 0 aliphatic carbocycles. The largest absolute Gasteiger partial charge is 0.479 e. The molecule has 2 heterocycles. The van der Waals surface area contributed by atoms with Crippen LogP contribution in [0.1, 0.15) is 11.3 Å². The van der Waals surface area contributed by atoms with Crippen molar-refractivity contribution in [3.05, 3.63) is 58.9 Å². The Morgan fingerprint density at radius 3 is 2.95 bits per heavy atom. The molecular formula is C15H11ClN2O3. The van der Waals surface area contributed by atoms with E-state index in [1.807, 2.05) is 18.2 Å². The van der Waals surface area contributed by atoms with Crippen LogP contribution >= 0.6 is 11.6 Å². The normalized spacial score (nSPS) is 11.3. The number of benzene rings is 1. The summed E-state index contributed by atoms with van der Waals surface area (Å²) in [6.45, 7) is 0.433. The SMILES string of the molecule is Oc1oc(-c2ccco2)nc1C=NCc1cccc(Cl)c1. The molecule has 0 saturated carbocycles. The van der Waals surface area contributed by atoms with Crippen LogP contribution in [-0.4, -0.2) is 16.3 Å². The van der Waals surface area contributed by atoms with E-state index in [2.05, 4.69) is 9.98 Å². The number of hydrogen-bond donors (Lipinski definition) is 1. The second kappa shape index (κ2) is 5.85. The molecule has 0 fully saturated rings. The van der Waals surface area contributed by atoms with Crippen molar-refractivity contribution in [2.45, 2.75) is 6.54 Å². The van der Waals surface area contributed by atoms with Crippen LogP contribution in [0.3, 0.4) is 0 Å². The Labute approximate surface area is 125 Å². The third-order valence-electron chi connectivity index (χ3n) is 2.74. The lowest BCUT2D eigenvalue weighted by atomic mass is 10.2. The van der Waals surface area contributed by atoms with Gasteiger partial charge in [0.2, 0.25) is 0 Å². The Bertz CT molecular complexity index is 763. The maximum atomic E-state index is 9.69. The minimum absolute atomic E-state index is 0.210. The molecule has 0 bridgehead atoms. The molecule has 0 aliphatic heterocycles. The number of oxazole rings is 1. The van der Waals surface area contributed by atoms with Crippen LogP contribution < -0.4 is 0 Å². The number of halogens is 1. The van der Waals surface area contributed by atoms with Crippen molar-refractivity contribution in [1.29, 1.82) is 0 Å². The number of rotatable bonds is 4. The smallest absolute Gasteiger partial charge is 0.312 e. The van der Waals surface area contributed by atoms with Crippen LogP contribution in [0, 0.1) is 0 Å². The van der Waals surface area contributed by atoms with Gasteiger partial charge in [-0.3, -0.25) is 4.99 Å². The molecule has 0 saturated heterocycles. The number of aromatic hydroxyl groups is 1. The van der Waals surface area contributed by atoms with Crippen molar-refractivity contribution in [3.8, 4) is 17.6 Å². The van der Waals surface area contributed by atoms with Gasteiger partial charge < -0.3 is 13.9 Å². The van der Waals surface area contributed by atoms with Crippen LogP contribution in [0.15, 0.2) is 56.5 Å². The molecule has 6 heteroatoms. The van der Waals surface area contributed by atoms with Crippen LogP contribution in [0.5, 0.6) is 5.95 Å². The van der Waals surface area contributed by atoms with E-state index < -0.39 is 0 Å². The van der Waals surface area contributed by atoms with Crippen LogP contribution in [-0.2, 0) is 6.54 Å². The summed E-state index contributed by atoms with van der Waals surface area (Å²) in [5, 5.41) is 10.3. The first kappa shape index (κ1) is 13.5. The van der Waals surface area contributed by atoms with Crippen molar-refractivity contribution in [2.24, 2.45) is 4.99 Å². The van der Waals surface area contributed by atoms with Crippen LogP contribution in [0.4, 0.5) is 0 Å². The molecule has 2 aromatic heterocycles. The molecule has 1 N–H and O–H groups in total. The zero-order valence-corrected chi connectivity index (χ0v) is 11.6. The number of aromatic nitrogens is 1. The molecule has 3 aromatic rings. The van der Waals surface area contributed by atoms with Gasteiger partial charge >= 0.3 is 5.95 Å². The molecule has 5 nitrogen and oxygen atoms in total. The summed E-state index contributed by atoms with van der Waals surface area (Å²) in [6, 6.07) is 10.8. The van der Waals surface area contributed by atoms with Gasteiger partial charge in [0, 0.05) is 5.02 Å². The van der Waals surface area contributed by atoms with E-state index in [0.717, 1.165) is 5.56 Å². The van der Waals surface area contributed by atoms with Crippen molar-refractivity contribution in [1.82, 2.24) is 4.98 Å². The Kier molecular flexibility index (Phi) is 3.75. The highest BCUT2D eigenvalue weighted by Gasteiger charge is 2.13. The first-order valence-electron chi connectivity index (χ1n) is 6.20. The highest BCUT2D eigenvalue weighted by molar-refractivity contribution is 6.30. The van der Waals surface area contributed by atoms with E-state index in [1.54, 1.807) is 18.2 Å². The Morgan fingerprint density at radius 2 is 2.19 bits per heavy atom. The van der Waals surface area contributed by atoms with Gasteiger partial charge in [-0.2, -0.15) is 0 Å². The number of aliphatic imine (C=N–C) groups is 1. The minimum Gasteiger partial charge on any atom is -0.479 e. The topological polar surface area (TPSA) is 71.8 Å². The van der Waals surface area contributed by atoms with Gasteiger partial charge in [-0.25, -0.2) is 4.98 Å². The molecule has 21 heavy (non-hydrogen) atoms. The van der Waals surface area contributed by atoms with Crippen LogP contribution in [0.25, 0.3) is 11.7 Å². The molecule has 0 aliphatic rings. The quantitative estimate of drug-likeness (QED) is 0.742. The summed E-state index contributed by atoms with van der Waals surface area (Å²) in [7, 11) is 0. The third-order valence-corrected chi connectivity index (χ3v) is 2.98. The Balaban J connectivity index is 1.74. The van der Waals surface area contributed by atoms with Gasteiger partial charge in [0.05, 0.1) is 19.0 Å². The molecule has 0 amide bonds. The average molecular weight is 303 g/mol. The monoisotopic (exact) mass is 302 g/mol. The third kappa shape index (κ3) is 3.14. The van der Waals surface area contributed by atoms with Gasteiger partial charge in [-0.15, -0.1) is 0 Å². The fourth-order valence-electron chi connectivity index (χ4n) is 1.79. The van der Waals surface area contributed by atoms with E-state index in [4.69, 9.17) is 20.4 Å². The summed E-state index contributed by atoms with van der Waals surface area (Å²) < 4.78 is 10.3. The van der Waals surface area contributed by atoms with Gasteiger partial charge in [0.25, 0.3) is 5.89 Å². The molecular weight excluding hydrogens is 292 g/mol. The second-order valence-electron chi connectivity index (χ2n) is 4.29. The van der Waals surface area contributed by atoms with E-state index in [-0.39, 0.29) is 17.5 Å². The molecule has 106 valence electrons. The first-order valence-corrected chi connectivity index (χ1v) is 6.58. The van der Waals surface area contributed by atoms with Crippen molar-refractivity contribution in [2.75, 3.05) is 0 Å². The lowest BCUT2D eigenvalue weighted by Gasteiger charge is -1.96. The molecule has 0 unspecified atom stereocenters. The highest BCUT2D eigenvalue weighted by Crippen LogP contribution is 2.25. The standard InChI is InChI=1S/C15H11ClN2O3/c16-11-4-1-3-10(7-11)8-17-9-12-15(19)21-14(18-12)13-5-2-6-20-13/h1-7,9,19H,8H2. The Hall–Kier alpha value is -2.53. The first-order chi connectivity index (χ1) is 10.2. The summed E-state index contributed by atoms with van der Waals surface area (Å²) >= 11 is 5.90. The summed E-state index contributed by atoms with van der Waals surface area (Å²) in [5.41, 5.74) is 1.22. The molecule has 0 spiro atoms. The maximum Gasteiger partial charge on any atom is 0.312 e. The summed E-state index contributed by atoms with van der Waals surface area (Å²) in [4.78, 5) is 8.33. The predicted molar refractivity (Wildman–Crippen MR) is 78.6 cm³/mol. The summed E-state index contributed by atoms with van der Waals surface area (Å²) in [6.07, 6.45) is 2.95. The molecule has 0 atom stereocenters.